The van der Waals surface area contributed by atoms with E-state index in [1.54, 1.807) is 11.8 Å². The highest BCUT2D eigenvalue weighted by Gasteiger charge is 2.03. The van der Waals surface area contributed by atoms with Gasteiger partial charge in [-0.05, 0) is 12.8 Å². The lowest BCUT2D eigenvalue weighted by Crippen LogP contribution is -2.25. The van der Waals surface area contributed by atoms with Gasteiger partial charge in [0.1, 0.15) is 0 Å². The van der Waals surface area contributed by atoms with Crippen molar-refractivity contribution >= 4 is 23.6 Å². The molecular weight excluding hydrogens is 284 g/mol. The lowest BCUT2D eigenvalue weighted by molar-refractivity contribution is -0.121. The number of nitrogens with one attached hydrogen (secondary N) is 2. The van der Waals surface area contributed by atoms with Crippen LogP contribution in [0.3, 0.4) is 0 Å². The van der Waals surface area contributed by atoms with Crippen LogP contribution < -0.4 is 10.6 Å². The van der Waals surface area contributed by atoms with E-state index < -0.39 is 0 Å². The Bertz CT molecular complexity index is 247. The second-order valence-electron chi connectivity index (χ2n) is 5.23. The van der Waals surface area contributed by atoms with E-state index in [-0.39, 0.29) is 11.8 Å². The van der Waals surface area contributed by atoms with E-state index in [0.29, 0.717) is 12.8 Å². The van der Waals surface area contributed by atoms with Crippen LogP contribution in [0.1, 0.15) is 65.2 Å². The fourth-order valence-corrected chi connectivity index (χ4v) is 2.68. The fourth-order valence-electron chi connectivity index (χ4n) is 1.81. The van der Waals surface area contributed by atoms with Crippen LogP contribution in [0.5, 0.6) is 0 Å². The molecule has 0 heterocycles. The third-order valence-electron chi connectivity index (χ3n) is 3.15. The van der Waals surface area contributed by atoms with Gasteiger partial charge in [-0.15, -0.1) is 0 Å². The average Bonchev–Trinajstić information content (AvgIpc) is 2.48. The summed E-state index contributed by atoms with van der Waals surface area (Å²) in [5.74, 6) is 1.84. The smallest absolute Gasteiger partial charge is 0.220 e. The van der Waals surface area contributed by atoms with Gasteiger partial charge >= 0.3 is 0 Å². The summed E-state index contributed by atoms with van der Waals surface area (Å²) in [5.41, 5.74) is 0. The summed E-state index contributed by atoms with van der Waals surface area (Å²) in [6.45, 7) is 5.88. The van der Waals surface area contributed by atoms with Gasteiger partial charge in [0.15, 0.2) is 0 Å². The zero-order chi connectivity index (χ0) is 15.8. The Kier molecular flexibility index (Phi) is 15.1. The molecule has 0 aliphatic rings. The van der Waals surface area contributed by atoms with Crippen LogP contribution >= 0.6 is 11.8 Å². The maximum absolute atomic E-state index is 11.5. The molecule has 0 atom stereocenters. The van der Waals surface area contributed by atoms with Crippen molar-refractivity contribution in [2.75, 3.05) is 24.6 Å². The molecule has 5 heteroatoms. The third kappa shape index (κ3) is 15.5. The lowest BCUT2D eigenvalue weighted by atomic mass is 10.2. The van der Waals surface area contributed by atoms with Crippen molar-refractivity contribution in [3.63, 3.8) is 0 Å². The van der Waals surface area contributed by atoms with Crippen LogP contribution in [0.25, 0.3) is 0 Å². The van der Waals surface area contributed by atoms with E-state index in [9.17, 15) is 9.59 Å². The summed E-state index contributed by atoms with van der Waals surface area (Å²) in [4.78, 5) is 23.0. The molecule has 0 aromatic heterocycles. The molecule has 0 spiro atoms. The Morgan fingerprint density at radius 1 is 0.762 bits per heavy atom. The van der Waals surface area contributed by atoms with Crippen LogP contribution in [-0.2, 0) is 9.59 Å². The Balaban J connectivity index is 3.30. The quantitative estimate of drug-likeness (QED) is 0.484. The van der Waals surface area contributed by atoms with E-state index in [1.807, 2.05) is 0 Å². The molecule has 0 bridgehead atoms. The average molecular weight is 317 g/mol. The number of amides is 2. The maximum Gasteiger partial charge on any atom is 0.220 e. The fraction of sp³-hybridized carbons (Fsp3) is 0.875. The van der Waals surface area contributed by atoms with Crippen molar-refractivity contribution in [3.05, 3.63) is 0 Å². The van der Waals surface area contributed by atoms with Crippen molar-refractivity contribution in [3.8, 4) is 0 Å². The van der Waals surface area contributed by atoms with Gasteiger partial charge < -0.3 is 10.6 Å². The van der Waals surface area contributed by atoms with Crippen LogP contribution in [0.2, 0.25) is 0 Å². The number of rotatable bonds is 14. The number of hydrogen-bond donors (Lipinski definition) is 2. The molecule has 4 nitrogen and oxygen atoms in total. The third-order valence-corrected chi connectivity index (χ3v) is 4.14. The second-order valence-corrected chi connectivity index (χ2v) is 6.45. The molecule has 0 saturated carbocycles. The summed E-state index contributed by atoms with van der Waals surface area (Å²) in [5, 5.41) is 5.85. The number of thioether (sulfide) groups is 1. The Hall–Kier alpha value is -0.710. The van der Waals surface area contributed by atoms with Crippen LogP contribution in [0.15, 0.2) is 0 Å². The Labute approximate surface area is 134 Å². The van der Waals surface area contributed by atoms with Crippen molar-refractivity contribution in [2.45, 2.75) is 65.2 Å². The molecule has 0 aliphatic heterocycles. The lowest BCUT2D eigenvalue weighted by Gasteiger charge is -2.06. The summed E-state index contributed by atoms with van der Waals surface area (Å²) >= 11 is 1.68. The second kappa shape index (κ2) is 15.7. The standard InChI is InChI=1S/C16H32N2O2S/c1-3-5-7-11-17-15(19)9-13-21-14-10-16(20)18-12-8-6-4-2/h3-14H2,1-2H3,(H,17,19)(H,18,20). The van der Waals surface area contributed by atoms with Gasteiger partial charge in [0.25, 0.3) is 0 Å². The molecule has 0 saturated heterocycles. The van der Waals surface area contributed by atoms with E-state index in [2.05, 4.69) is 24.5 Å². The van der Waals surface area contributed by atoms with Crippen molar-refractivity contribution in [1.82, 2.24) is 10.6 Å². The van der Waals surface area contributed by atoms with Crippen LogP contribution in [-0.4, -0.2) is 36.4 Å². The van der Waals surface area contributed by atoms with Crippen LogP contribution in [0.4, 0.5) is 0 Å². The minimum absolute atomic E-state index is 0.127. The minimum Gasteiger partial charge on any atom is -0.356 e. The van der Waals surface area contributed by atoms with Gasteiger partial charge in [-0.2, -0.15) is 11.8 Å². The monoisotopic (exact) mass is 316 g/mol. The number of carbonyl (C=O) groups is 2. The highest BCUT2D eigenvalue weighted by molar-refractivity contribution is 7.99. The number of carbonyl (C=O) groups excluding carboxylic acids is 2. The molecule has 0 aromatic carbocycles. The van der Waals surface area contributed by atoms with Crippen molar-refractivity contribution in [2.24, 2.45) is 0 Å². The largest absolute Gasteiger partial charge is 0.356 e. The predicted molar refractivity (Wildman–Crippen MR) is 91.6 cm³/mol. The van der Waals surface area contributed by atoms with E-state index in [4.69, 9.17) is 0 Å². The molecule has 124 valence electrons. The van der Waals surface area contributed by atoms with Gasteiger partial charge in [0.2, 0.25) is 11.8 Å². The maximum atomic E-state index is 11.5. The molecular formula is C16H32N2O2S. The molecule has 21 heavy (non-hydrogen) atoms. The Morgan fingerprint density at radius 2 is 1.19 bits per heavy atom. The Morgan fingerprint density at radius 3 is 1.57 bits per heavy atom. The number of hydrogen-bond acceptors (Lipinski definition) is 3. The van der Waals surface area contributed by atoms with Gasteiger partial charge in [0.05, 0.1) is 0 Å². The normalized spacial score (nSPS) is 10.4. The first-order valence-electron chi connectivity index (χ1n) is 8.31. The van der Waals surface area contributed by atoms with Gasteiger partial charge in [0, 0.05) is 37.4 Å². The highest BCUT2D eigenvalue weighted by atomic mass is 32.2. The minimum atomic E-state index is 0.127. The summed E-state index contributed by atoms with van der Waals surface area (Å²) in [6.07, 6.45) is 7.91. The van der Waals surface area contributed by atoms with Crippen molar-refractivity contribution in [1.29, 1.82) is 0 Å². The molecule has 0 rings (SSSR count). The first-order valence-corrected chi connectivity index (χ1v) is 9.47. The first-order chi connectivity index (χ1) is 10.2. The molecule has 0 aliphatic carbocycles. The SMILES string of the molecule is CCCCCNC(=O)CCSCCC(=O)NCCCCC. The van der Waals surface area contributed by atoms with E-state index >= 15 is 0 Å². The molecule has 0 unspecified atom stereocenters. The predicted octanol–water partition coefficient (Wildman–Crippen LogP) is 3.11. The summed E-state index contributed by atoms with van der Waals surface area (Å²) in [7, 11) is 0. The first kappa shape index (κ1) is 20.3. The van der Waals surface area contributed by atoms with Gasteiger partial charge in [-0.1, -0.05) is 39.5 Å². The molecule has 2 N–H and O–H groups in total. The highest BCUT2D eigenvalue weighted by Crippen LogP contribution is 2.04. The number of unbranched alkanes of at least 4 members (excludes halogenated alkanes) is 4. The van der Waals surface area contributed by atoms with Crippen LogP contribution in [0, 0.1) is 0 Å². The van der Waals surface area contributed by atoms with Gasteiger partial charge in [-0.3, -0.25) is 9.59 Å². The van der Waals surface area contributed by atoms with Crippen molar-refractivity contribution < 1.29 is 9.59 Å². The summed E-state index contributed by atoms with van der Waals surface area (Å²) in [6, 6.07) is 0. The molecule has 0 radical (unpaired) electrons. The zero-order valence-corrected chi connectivity index (χ0v) is 14.5. The molecule has 0 aromatic rings. The topological polar surface area (TPSA) is 58.2 Å². The van der Waals surface area contributed by atoms with E-state index in [0.717, 1.165) is 37.4 Å². The zero-order valence-electron chi connectivity index (χ0n) is 13.7. The van der Waals surface area contributed by atoms with E-state index in [1.165, 1.54) is 25.7 Å². The molecule has 2 amide bonds. The summed E-state index contributed by atoms with van der Waals surface area (Å²) < 4.78 is 0. The van der Waals surface area contributed by atoms with Gasteiger partial charge in [-0.25, -0.2) is 0 Å². The molecule has 0 fully saturated rings.